The van der Waals surface area contributed by atoms with Gasteiger partial charge < -0.3 is 10.1 Å². The van der Waals surface area contributed by atoms with Gasteiger partial charge in [0.05, 0.1) is 12.3 Å². The molecule has 0 aliphatic rings. The van der Waals surface area contributed by atoms with Gasteiger partial charge in [-0.05, 0) is 62.4 Å². The molecular formula is C21H20FN3O3. The average molecular weight is 381 g/mol. The molecule has 3 rings (SSSR count). The zero-order chi connectivity index (χ0) is 20.1. The smallest absolute Gasteiger partial charge is 0.267 e. The summed E-state index contributed by atoms with van der Waals surface area (Å²) in [6.45, 7) is 4.03. The van der Waals surface area contributed by atoms with E-state index in [4.69, 9.17) is 4.74 Å². The Morgan fingerprint density at radius 3 is 2.61 bits per heavy atom. The first-order valence-electron chi connectivity index (χ1n) is 8.87. The van der Waals surface area contributed by atoms with E-state index < -0.39 is 23.3 Å². The normalized spacial score (nSPS) is 11.7. The molecule has 0 aliphatic carbocycles. The van der Waals surface area contributed by atoms with Crippen molar-refractivity contribution in [2.45, 2.75) is 19.9 Å². The second kappa shape index (κ2) is 8.47. The third-order valence-electron chi connectivity index (χ3n) is 4.12. The van der Waals surface area contributed by atoms with Crippen molar-refractivity contribution >= 4 is 11.6 Å². The van der Waals surface area contributed by atoms with Crippen molar-refractivity contribution < 1.29 is 13.9 Å². The third kappa shape index (κ3) is 4.43. The van der Waals surface area contributed by atoms with Gasteiger partial charge in [-0.25, -0.2) is 9.07 Å². The molecule has 0 saturated carbocycles. The lowest BCUT2D eigenvalue weighted by atomic mass is 10.1. The number of benzene rings is 2. The number of hydrogen-bond donors (Lipinski definition) is 1. The van der Waals surface area contributed by atoms with Crippen LogP contribution in [0.15, 0.2) is 65.5 Å². The van der Waals surface area contributed by atoms with Gasteiger partial charge in [-0.15, -0.1) is 0 Å². The zero-order valence-electron chi connectivity index (χ0n) is 15.6. The summed E-state index contributed by atoms with van der Waals surface area (Å²) < 4.78 is 19.8. The molecule has 1 atom stereocenters. The fourth-order valence-corrected chi connectivity index (χ4v) is 2.67. The number of hydrogen-bond acceptors (Lipinski definition) is 4. The first-order chi connectivity index (χ1) is 13.5. The molecule has 2 aromatic carbocycles. The van der Waals surface area contributed by atoms with Crippen molar-refractivity contribution in [2.24, 2.45) is 0 Å². The van der Waals surface area contributed by atoms with E-state index in [2.05, 4.69) is 10.4 Å². The average Bonchev–Trinajstić information content (AvgIpc) is 2.69. The summed E-state index contributed by atoms with van der Waals surface area (Å²) in [7, 11) is 0. The van der Waals surface area contributed by atoms with Crippen LogP contribution in [-0.2, 0) is 4.79 Å². The van der Waals surface area contributed by atoms with Crippen LogP contribution in [-0.4, -0.2) is 22.3 Å². The summed E-state index contributed by atoms with van der Waals surface area (Å²) in [4.78, 5) is 24.7. The number of nitrogens with zero attached hydrogens (tertiary/aromatic N) is 2. The topological polar surface area (TPSA) is 73.2 Å². The van der Waals surface area contributed by atoms with Crippen LogP contribution in [0.5, 0.6) is 5.75 Å². The molecule has 3 aromatic rings. The molecule has 0 saturated heterocycles. The lowest BCUT2D eigenvalue weighted by Crippen LogP contribution is -2.33. The predicted molar refractivity (Wildman–Crippen MR) is 105 cm³/mol. The first-order valence-corrected chi connectivity index (χ1v) is 8.87. The Bertz CT molecular complexity index is 1030. The van der Waals surface area contributed by atoms with Gasteiger partial charge in [0, 0.05) is 17.3 Å². The molecule has 0 fully saturated rings. The Balaban J connectivity index is 1.84. The Labute approximate surface area is 161 Å². The number of carbonyl (C=O) groups is 1. The molecule has 0 aliphatic heterocycles. The second-order valence-electron chi connectivity index (χ2n) is 6.13. The summed E-state index contributed by atoms with van der Waals surface area (Å²) in [6.07, 6.45) is 0. The standard InChI is InChI=1S/C21H20FN3O3/c1-3-28-18-9-7-15(8-10-18)19-11-12-20(26)25(24-19)14(2)21(27)23-17-6-4-5-16(22)13-17/h4-14H,3H2,1-2H3,(H,23,27). The van der Waals surface area contributed by atoms with Gasteiger partial charge in [0.2, 0.25) is 5.91 Å². The predicted octanol–water partition coefficient (Wildman–Crippen LogP) is 3.65. The minimum atomic E-state index is -0.876. The lowest BCUT2D eigenvalue weighted by Gasteiger charge is -2.15. The summed E-state index contributed by atoms with van der Waals surface area (Å²) in [5.74, 6) is -0.190. The van der Waals surface area contributed by atoms with E-state index in [1.54, 1.807) is 19.1 Å². The summed E-state index contributed by atoms with van der Waals surface area (Å²) in [5.41, 5.74) is 1.24. The zero-order valence-corrected chi connectivity index (χ0v) is 15.6. The molecule has 0 radical (unpaired) electrons. The van der Waals surface area contributed by atoms with Crippen LogP contribution < -0.4 is 15.6 Å². The summed E-state index contributed by atoms with van der Waals surface area (Å²) in [6, 6.07) is 14.9. The lowest BCUT2D eigenvalue weighted by molar-refractivity contribution is -0.119. The van der Waals surface area contributed by atoms with Gasteiger partial charge in [0.25, 0.3) is 5.56 Å². The number of carbonyl (C=O) groups excluding carboxylic acids is 1. The molecule has 6 nitrogen and oxygen atoms in total. The monoisotopic (exact) mass is 381 g/mol. The van der Waals surface area contributed by atoms with Crippen molar-refractivity contribution in [1.82, 2.24) is 9.78 Å². The van der Waals surface area contributed by atoms with Gasteiger partial charge >= 0.3 is 0 Å². The Morgan fingerprint density at radius 2 is 1.93 bits per heavy atom. The molecule has 28 heavy (non-hydrogen) atoms. The quantitative estimate of drug-likeness (QED) is 0.707. The molecule has 7 heteroatoms. The molecule has 1 amide bonds. The van der Waals surface area contributed by atoms with Crippen molar-refractivity contribution in [3.63, 3.8) is 0 Å². The molecule has 0 bridgehead atoms. The van der Waals surface area contributed by atoms with E-state index in [0.717, 1.165) is 16.0 Å². The summed E-state index contributed by atoms with van der Waals surface area (Å²) >= 11 is 0. The number of halogens is 1. The fraction of sp³-hybridized carbons (Fsp3) is 0.190. The molecular weight excluding hydrogens is 361 g/mol. The Hall–Kier alpha value is -3.48. The molecule has 1 aromatic heterocycles. The van der Waals surface area contributed by atoms with Crippen LogP contribution in [0.1, 0.15) is 19.9 Å². The Morgan fingerprint density at radius 1 is 1.18 bits per heavy atom. The van der Waals surface area contributed by atoms with Crippen LogP contribution >= 0.6 is 0 Å². The maximum atomic E-state index is 13.3. The van der Waals surface area contributed by atoms with E-state index in [1.807, 2.05) is 31.2 Å². The van der Waals surface area contributed by atoms with Crippen molar-refractivity contribution in [3.8, 4) is 17.0 Å². The number of nitrogens with one attached hydrogen (secondary N) is 1. The molecule has 1 heterocycles. The largest absolute Gasteiger partial charge is 0.494 e. The highest BCUT2D eigenvalue weighted by Gasteiger charge is 2.18. The fourth-order valence-electron chi connectivity index (χ4n) is 2.67. The van der Waals surface area contributed by atoms with Crippen LogP contribution in [0.25, 0.3) is 11.3 Å². The molecule has 1 unspecified atom stereocenters. The minimum Gasteiger partial charge on any atom is -0.494 e. The number of aromatic nitrogens is 2. The van der Waals surface area contributed by atoms with Crippen LogP contribution in [0.4, 0.5) is 10.1 Å². The highest BCUT2D eigenvalue weighted by molar-refractivity contribution is 5.93. The van der Waals surface area contributed by atoms with Crippen molar-refractivity contribution in [2.75, 3.05) is 11.9 Å². The number of anilines is 1. The molecule has 144 valence electrons. The highest BCUT2D eigenvalue weighted by Crippen LogP contribution is 2.20. The van der Waals surface area contributed by atoms with E-state index in [-0.39, 0.29) is 0 Å². The number of ether oxygens (including phenoxy) is 1. The van der Waals surface area contributed by atoms with Gasteiger partial charge in [0.15, 0.2) is 0 Å². The number of rotatable bonds is 6. The van der Waals surface area contributed by atoms with Crippen molar-refractivity contribution in [1.29, 1.82) is 0 Å². The maximum Gasteiger partial charge on any atom is 0.267 e. The van der Waals surface area contributed by atoms with Gasteiger partial charge in [-0.3, -0.25) is 9.59 Å². The van der Waals surface area contributed by atoms with E-state index in [9.17, 15) is 14.0 Å². The van der Waals surface area contributed by atoms with E-state index >= 15 is 0 Å². The van der Waals surface area contributed by atoms with Crippen molar-refractivity contribution in [3.05, 3.63) is 76.8 Å². The van der Waals surface area contributed by atoms with E-state index in [1.165, 1.54) is 24.3 Å². The number of amides is 1. The maximum absolute atomic E-state index is 13.3. The van der Waals surface area contributed by atoms with Gasteiger partial charge in [-0.1, -0.05) is 6.07 Å². The summed E-state index contributed by atoms with van der Waals surface area (Å²) in [5, 5.41) is 6.92. The van der Waals surface area contributed by atoms with Crippen LogP contribution in [0.2, 0.25) is 0 Å². The minimum absolute atomic E-state index is 0.313. The van der Waals surface area contributed by atoms with Gasteiger partial charge in [-0.2, -0.15) is 5.10 Å². The molecule has 1 N–H and O–H groups in total. The SMILES string of the molecule is CCOc1ccc(-c2ccc(=O)n(C(C)C(=O)Nc3cccc(F)c3)n2)cc1. The van der Waals surface area contributed by atoms with Gasteiger partial charge in [0.1, 0.15) is 17.6 Å². The highest BCUT2D eigenvalue weighted by atomic mass is 19.1. The van der Waals surface area contributed by atoms with E-state index in [0.29, 0.717) is 18.0 Å². The van der Waals surface area contributed by atoms with Crippen LogP contribution in [0, 0.1) is 5.82 Å². The third-order valence-corrected chi connectivity index (χ3v) is 4.12. The van der Waals surface area contributed by atoms with Crippen LogP contribution in [0.3, 0.4) is 0 Å². The Kier molecular flexibility index (Phi) is 5.84. The first kappa shape index (κ1) is 19.3. The molecule has 0 spiro atoms. The second-order valence-corrected chi connectivity index (χ2v) is 6.13.